The number of aromatic nitrogens is 1. The molecule has 0 radical (unpaired) electrons. The van der Waals surface area contributed by atoms with E-state index in [0.29, 0.717) is 11.5 Å². The minimum Gasteiger partial charge on any atom is -0.369 e. The molecule has 0 atom stereocenters. The van der Waals surface area contributed by atoms with Crippen molar-refractivity contribution < 1.29 is 8.42 Å². The Bertz CT molecular complexity index is 787. The third-order valence-corrected chi connectivity index (χ3v) is 5.05. The lowest BCUT2D eigenvalue weighted by atomic mass is 10.1. The first kappa shape index (κ1) is 18.2. The van der Waals surface area contributed by atoms with E-state index < -0.39 is 10.0 Å². The molecule has 7 heteroatoms. The molecule has 0 spiro atoms. The summed E-state index contributed by atoms with van der Waals surface area (Å²) in [4.78, 5) is 6.55. The number of pyridine rings is 1. The van der Waals surface area contributed by atoms with Crippen molar-refractivity contribution >= 4 is 21.5 Å². The number of anilines is 2. The van der Waals surface area contributed by atoms with Gasteiger partial charge in [0.25, 0.3) is 10.0 Å². The minimum atomic E-state index is -3.61. The van der Waals surface area contributed by atoms with E-state index in [1.54, 1.807) is 30.3 Å². The maximum atomic E-state index is 12.4. The van der Waals surface area contributed by atoms with Crippen LogP contribution in [0.2, 0.25) is 0 Å². The molecule has 130 valence electrons. The van der Waals surface area contributed by atoms with Crippen LogP contribution in [0.4, 0.5) is 11.5 Å². The molecular weight excluding hydrogens is 324 g/mol. The summed E-state index contributed by atoms with van der Waals surface area (Å²) in [6.45, 7) is 5.51. The molecule has 1 aromatic heterocycles. The molecule has 2 rings (SSSR count). The first-order valence-corrected chi connectivity index (χ1v) is 9.21. The molecule has 6 nitrogen and oxygen atoms in total. The van der Waals surface area contributed by atoms with Gasteiger partial charge in [0.05, 0.1) is 16.8 Å². The molecule has 0 fully saturated rings. The highest BCUT2D eigenvalue weighted by Crippen LogP contribution is 2.19. The lowest BCUT2D eigenvalue weighted by Gasteiger charge is -2.12. The molecule has 1 aromatic carbocycles. The maximum absolute atomic E-state index is 12.4. The SMILES string of the molecule is Cc1ccc(S(=O)(=O)Nc2ccc(NCCN(C)C)nc2)cc1C. The van der Waals surface area contributed by atoms with Crippen LogP contribution in [0.5, 0.6) is 0 Å². The molecule has 0 aliphatic heterocycles. The fourth-order valence-electron chi connectivity index (χ4n) is 2.06. The standard InChI is InChI=1S/C17H24N4O2S/c1-13-5-7-16(11-14(13)2)24(22,23)20-15-6-8-17(19-12-15)18-9-10-21(3)4/h5-8,11-12,20H,9-10H2,1-4H3,(H,18,19). The van der Waals surface area contributed by atoms with Crippen LogP contribution in [0.15, 0.2) is 41.4 Å². The van der Waals surface area contributed by atoms with Gasteiger partial charge < -0.3 is 10.2 Å². The average Bonchev–Trinajstić information content (AvgIpc) is 2.51. The fraction of sp³-hybridized carbons (Fsp3) is 0.353. The topological polar surface area (TPSA) is 74.3 Å². The van der Waals surface area contributed by atoms with Crippen LogP contribution in [0.25, 0.3) is 0 Å². The van der Waals surface area contributed by atoms with Crippen LogP contribution in [-0.2, 0) is 10.0 Å². The summed E-state index contributed by atoms with van der Waals surface area (Å²) in [5.74, 6) is 0.714. The lowest BCUT2D eigenvalue weighted by Crippen LogP contribution is -2.21. The Hall–Kier alpha value is -2.12. The Morgan fingerprint density at radius 2 is 1.83 bits per heavy atom. The number of sulfonamides is 1. The van der Waals surface area contributed by atoms with Crippen LogP contribution in [0, 0.1) is 13.8 Å². The van der Waals surface area contributed by atoms with Crippen LogP contribution in [-0.4, -0.2) is 45.5 Å². The predicted octanol–water partition coefficient (Wildman–Crippen LogP) is 2.47. The van der Waals surface area contributed by atoms with E-state index in [4.69, 9.17) is 0 Å². The van der Waals surface area contributed by atoms with Crippen LogP contribution >= 0.6 is 0 Å². The number of rotatable bonds is 7. The summed E-state index contributed by atoms with van der Waals surface area (Å²) in [6.07, 6.45) is 1.51. The third kappa shape index (κ3) is 4.94. The molecule has 0 aliphatic rings. The molecule has 0 saturated carbocycles. The molecule has 0 amide bonds. The summed E-state index contributed by atoms with van der Waals surface area (Å²) < 4.78 is 27.4. The zero-order valence-corrected chi connectivity index (χ0v) is 15.3. The van der Waals surface area contributed by atoms with Crippen molar-refractivity contribution in [1.29, 1.82) is 0 Å². The lowest BCUT2D eigenvalue weighted by molar-refractivity contribution is 0.425. The monoisotopic (exact) mass is 348 g/mol. The predicted molar refractivity (Wildman–Crippen MR) is 98.0 cm³/mol. The molecule has 0 bridgehead atoms. The van der Waals surface area contributed by atoms with Crippen LogP contribution in [0.1, 0.15) is 11.1 Å². The van der Waals surface area contributed by atoms with Gasteiger partial charge >= 0.3 is 0 Å². The molecule has 0 saturated heterocycles. The minimum absolute atomic E-state index is 0.249. The van der Waals surface area contributed by atoms with Crippen molar-refractivity contribution in [3.63, 3.8) is 0 Å². The number of hydrogen-bond donors (Lipinski definition) is 2. The van der Waals surface area contributed by atoms with E-state index in [1.807, 2.05) is 27.9 Å². The van der Waals surface area contributed by atoms with Crippen molar-refractivity contribution in [3.8, 4) is 0 Å². The first-order valence-electron chi connectivity index (χ1n) is 7.72. The molecule has 1 heterocycles. The van der Waals surface area contributed by atoms with Gasteiger partial charge in [-0.15, -0.1) is 0 Å². The Balaban J connectivity index is 2.05. The highest BCUT2D eigenvalue weighted by molar-refractivity contribution is 7.92. The van der Waals surface area contributed by atoms with E-state index in [2.05, 4.69) is 19.9 Å². The van der Waals surface area contributed by atoms with Crippen LogP contribution < -0.4 is 10.0 Å². The van der Waals surface area contributed by atoms with E-state index in [0.717, 1.165) is 24.2 Å². The van der Waals surface area contributed by atoms with Gasteiger partial charge in [0.1, 0.15) is 5.82 Å². The molecule has 2 aromatic rings. The average molecular weight is 348 g/mol. The molecule has 0 aliphatic carbocycles. The smallest absolute Gasteiger partial charge is 0.261 e. The number of likely N-dealkylation sites (N-methyl/N-ethyl adjacent to an activating group) is 1. The summed E-state index contributed by atoms with van der Waals surface area (Å²) in [6, 6.07) is 8.54. The number of benzene rings is 1. The van der Waals surface area contributed by atoms with E-state index >= 15 is 0 Å². The van der Waals surface area contributed by atoms with Gasteiger partial charge in [-0.3, -0.25) is 4.72 Å². The van der Waals surface area contributed by atoms with Crippen molar-refractivity contribution in [2.75, 3.05) is 37.2 Å². The number of aryl methyl sites for hydroxylation is 2. The van der Waals surface area contributed by atoms with Gasteiger partial charge in [0, 0.05) is 13.1 Å². The molecular formula is C17H24N4O2S. The van der Waals surface area contributed by atoms with Crippen LogP contribution in [0.3, 0.4) is 0 Å². The quantitative estimate of drug-likeness (QED) is 0.804. The Morgan fingerprint density at radius 1 is 1.08 bits per heavy atom. The van der Waals surface area contributed by atoms with Gasteiger partial charge in [0.2, 0.25) is 0 Å². The summed E-state index contributed by atoms with van der Waals surface area (Å²) in [7, 11) is 0.389. The zero-order chi connectivity index (χ0) is 17.7. The highest BCUT2D eigenvalue weighted by Gasteiger charge is 2.15. The number of hydrogen-bond acceptors (Lipinski definition) is 5. The largest absolute Gasteiger partial charge is 0.369 e. The Kier molecular flexibility index (Phi) is 5.80. The Morgan fingerprint density at radius 3 is 2.42 bits per heavy atom. The van der Waals surface area contributed by atoms with Gasteiger partial charge in [-0.1, -0.05) is 6.07 Å². The maximum Gasteiger partial charge on any atom is 0.261 e. The molecule has 2 N–H and O–H groups in total. The van der Waals surface area contributed by atoms with Crippen molar-refractivity contribution in [1.82, 2.24) is 9.88 Å². The van der Waals surface area contributed by atoms with Crippen molar-refractivity contribution in [3.05, 3.63) is 47.7 Å². The van der Waals surface area contributed by atoms with Crippen molar-refractivity contribution in [2.24, 2.45) is 0 Å². The number of nitrogens with zero attached hydrogens (tertiary/aromatic N) is 2. The fourth-order valence-corrected chi connectivity index (χ4v) is 3.19. The van der Waals surface area contributed by atoms with Gasteiger partial charge in [-0.2, -0.15) is 0 Å². The number of nitrogens with one attached hydrogen (secondary N) is 2. The second-order valence-corrected chi connectivity index (χ2v) is 7.70. The second kappa shape index (κ2) is 7.63. The van der Waals surface area contributed by atoms with Gasteiger partial charge in [-0.05, 0) is 63.3 Å². The van der Waals surface area contributed by atoms with E-state index in [-0.39, 0.29) is 4.90 Å². The summed E-state index contributed by atoms with van der Waals surface area (Å²) in [5.41, 5.74) is 2.44. The normalized spacial score (nSPS) is 11.5. The third-order valence-electron chi connectivity index (χ3n) is 3.67. The van der Waals surface area contributed by atoms with Crippen molar-refractivity contribution in [2.45, 2.75) is 18.7 Å². The van der Waals surface area contributed by atoms with E-state index in [9.17, 15) is 8.42 Å². The first-order chi connectivity index (χ1) is 11.3. The zero-order valence-electron chi connectivity index (χ0n) is 14.5. The molecule has 0 unspecified atom stereocenters. The molecule has 24 heavy (non-hydrogen) atoms. The summed E-state index contributed by atoms with van der Waals surface area (Å²) in [5, 5.41) is 3.18. The van der Waals surface area contributed by atoms with Gasteiger partial charge in [-0.25, -0.2) is 13.4 Å². The summed E-state index contributed by atoms with van der Waals surface area (Å²) >= 11 is 0. The van der Waals surface area contributed by atoms with Gasteiger partial charge in [0.15, 0.2) is 0 Å². The highest BCUT2D eigenvalue weighted by atomic mass is 32.2. The Labute approximate surface area is 144 Å². The van der Waals surface area contributed by atoms with E-state index in [1.165, 1.54) is 6.20 Å². The second-order valence-electron chi connectivity index (χ2n) is 6.01.